The number of hydrogen-bond donors (Lipinski definition) is 1. The fourth-order valence-corrected chi connectivity index (χ4v) is 2.37. The van der Waals surface area contributed by atoms with Crippen LogP contribution in [0.4, 0.5) is 0 Å². The molecule has 98 valence electrons. The van der Waals surface area contributed by atoms with Gasteiger partial charge in [-0.15, -0.1) is 6.58 Å². The number of hydrogen-bond acceptors (Lipinski definition) is 3. The SMILES string of the molecule is C=CCN1CC(C)(C)N(C)CC1CCC(=O)O. The molecule has 1 aliphatic heterocycles. The largest absolute Gasteiger partial charge is 0.481 e. The predicted octanol–water partition coefficient (Wildman–Crippen LogP) is 1.43. The van der Waals surface area contributed by atoms with Crippen LogP contribution in [0.15, 0.2) is 12.7 Å². The zero-order valence-corrected chi connectivity index (χ0v) is 11.1. The van der Waals surface area contributed by atoms with Crippen LogP contribution in [0.5, 0.6) is 0 Å². The Labute approximate surface area is 104 Å². The third-order valence-corrected chi connectivity index (χ3v) is 3.68. The quantitative estimate of drug-likeness (QED) is 0.738. The Morgan fingerprint density at radius 3 is 2.76 bits per heavy atom. The molecule has 17 heavy (non-hydrogen) atoms. The zero-order chi connectivity index (χ0) is 13.1. The molecular weight excluding hydrogens is 216 g/mol. The second-order valence-corrected chi connectivity index (χ2v) is 5.50. The van der Waals surface area contributed by atoms with E-state index in [4.69, 9.17) is 5.11 Å². The van der Waals surface area contributed by atoms with Gasteiger partial charge in [0.05, 0.1) is 0 Å². The van der Waals surface area contributed by atoms with E-state index in [0.717, 1.165) is 19.6 Å². The van der Waals surface area contributed by atoms with Crippen molar-refractivity contribution in [2.75, 3.05) is 26.7 Å². The first-order valence-electron chi connectivity index (χ1n) is 6.15. The summed E-state index contributed by atoms with van der Waals surface area (Å²) in [6.07, 6.45) is 2.85. The monoisotopic (exact) mass is 240 g/mol. The Morgan fingerprint density at radius 2 is 2.24 bits per heavy atom. The minimum atomic E-state index is -0.712. The highest BCUT2D eigenvalue weighted by atomic mass is 16.4. The van der Waals surface area contributed by atoms with E-state index < -0.39 is 5.97 Å². The summed E-state index contributed by atoms with van der Waals surface area (Å²) in [7, 11) is 2.11. The summed E-state index contributed by atoms with van der Waals surface area (Å²) in [5.41, 5.74) is 0.142. The summed E-state index contributed by atoms with van der Waals surface area (Å²) in [6.45, 7) is 10.9. The molecule has 0 aromatic heterocycles. The Balaban J connectivity index is 2.66. The molecule has 1 unspecified atom stereocenters. The molecule has 0 spiro atoms. The zero-order valence-electron chi connectivity index (χ0n) is 11.1. The first kappa shape index (κ1) is 14.2. The molecule has 4 nitrogen and oxygen atoms in total. The van der Waals surface area contributed by atoms with Crippen molar-refractivity contribution in [2.24, 2.45) is 0 Å². The molecule has 1 saturated heterocycles. The van der Waals surface area contributed by atoms with Crippen LogP contribution >= 0.6 is 0 Å². The third kappa shape index (κ3) is 3.82. The lowest BCUT2D eigenvalue weighted by atomic mass is 9.94. The van der Waals surface area contributed by atoms with Crippen molar-refractivity contribution in [3.05, 3.63) is 12.7 Å². The average molecular weight is 240 g/mol. The number of carboxylic acids is 1. The molecule has 1 aliphatic rings. The van der Waals surface area contributed by atoms with E-state index in [1.807, 2.05) is 6.08 Å². The normalized spacial score (nSPS) is 25.7. The Bertz CT molecular complexity index is 289. The molecule has 1 fully saturated rings. The van der Waals surface area contributed by atoms with Gasteiger partial charge in [0.15, 0.2) is 0 Å². The van der Waals surface area contributed by atoms with Gasteiger partial charge in [-0.2, -0.15) is 0 Å². The third-order valence-electron chi connectivity index (χ3n) is 3.68. The minimum Gasteiger partial charge on any atom is -0.481 e. The van der Waals surface area contributed by atoms with Gasteiger partial charge in [0.25, 0.3) is 0 Å². The first-order valence-corrected chi connectivity index (χ1v) is 6.15. The van der Waals surface area contributed by atoms with E-state index >= 15 is 0 Å². The number of likely N-dealkylation sites (N-methyl/N-ethyl adjacent to an activating group) is 1. The molecule has 1 atom stereocenters. The number of carboxylic acid groups (broad SMARTS) is 1. The van der Waals surface area contributed by atoms with Gasteiger partial charge in [-0.05, 0) is 27.3 Å². The maximum Gasteiger partial charge on any atom is 0.303 e. The van der Waals surface area contributed by atoms with Crippen LogP contribution in [0.2, 0.25) is 0 Å². The lowest BCUT2D eigenvalue weighted by molar-refractivity contribution is -0.137. The highest BCUT2D eigenvalue weighted by Crippen LogP contribution is 2.24. The van der Waals surface area contributed by atoms with E-state index in [2.05, 4.69) is 37.3 Å². The second-order valence-electron chi connectivity index (χ2n) is 5.50. The van der Waals surface area contributed by atoms with E-state index in [1.165, 1.54) is 0 Å². The summed E-state index contributed by atoms with van der Waals surface area (Å²) >= 11 is 0. The van der Waals surface area contributed by atoms with Gasteiger partial charge in [0, 0.05) is 37.6 Å². The van der Waals surface area contributed by atoms with Crippen molar-refractivity contribution < 1.29 is 9.90 Å². The van der Waals surface area contributed by atoms with Gasteiger partial charge in [-0.1, -0.05) is 6.08 Å². The van der Waals surface area contributed by atoms with Gasteiger partial charge in [0.1, 0.15) is 0 Å². The molecule has 0 radical (unpaired) electrons. The van der Waals surface area contributed by atoms with Gasteiger partial charge in [-0.3, -0.25) is 14.6 Å². The minimum absolute atomic E-state index is 0.142. The van der Waals surface area contributed by atoms with Crippen LogP contribution in [0.1, 0.15) is 26.7 Å². The van der Waals surface area contributed by atoms with Crippen LogP contribution in [0, 0.1) is 0 Å². The summed E-state index contributed by atoms with van der Waals surface area (Å²) in [5, 5.41) is 8.78. The Kier molecular flexibility index (Phi) is 4.71. The molecule has 0 amide bonds. The number of carbonyl (C=O) groups is 1. The molecule has 0 aromatic rings. The van der Waals surface area contributed by atoms with E-state index in [9.17, 15) is 4.79 Å². The second kappa shape index (κ2) is 5.65. The fraction of sp³-hybridized carbons (Fsp3) is 0.769. The van der Waals surface area contributed by atoms with E-state index in [0.29, 0.717) is 12.5 Å². The van der Waals surface area contributed by atoms with Gasteiger partial charge in [-0.25, -0.2) is 0 Å². The van der Waals surface area contributed by atoms with Crippen LogP contribution in [0.25, 0.3) is 0 Å². The van der Waals surface area contributed by atoms with Crippen LogP contribution < -0.4 is 0 Å². The molecule has 0 aliphatic carbocycles. The fourth-order valence-electron chi connectivity index (χ4n) is 2.37. The molecule has 0 saturated carbocycles. The van der Waals surface area contributed by atoms with Crippen molar-refractivity contribution in [3.63, 3.8) is 0 Å². The number of nitrogens with zero attached hydrogens (tertiary/aromatic N) is 2. The lowest BCUT2D eigenvalue weighted by Crippen LogP contribution is -2.61. The molecular formula is C13H24N2O2. The van der Waals surface area contributed by atoms with Gasteiger partial charge in [0.2, 0.25) is 0 Å². The summed E-state index contributed by atoms with van der Waals surface area (Å²) in [6, 6.07) is 0.321. The van der Waals surface area contributed by atoms with Crippen molar-refractivity contribution in [1.29, 1.82) is 0 Å². The highest BCUT2D eigenvalue weighted by Gasteiger charge is 2.36. The van der Waals surface area contributed by atoms with Crippen molar-refractivity contribution in [3.8, 4) is 0 Å². The van der Waals surface area contributed by atoms with Crippen molar-refractivity contribution in [1.82, 2.24) is 9.80 Å². The van der Waals surface area contributed by atoms with E-state index in [-0.39, 0.29) is 12.0 Å². The predicted molar refractivity (Wildman–Crippen MR) is 69.1 cm³/mol. The average Bonchev–Trinajstić information content (AvgIpc) is 2.21. The number of rotatable bonds is 5. The topological polar surface area (TPSA) is 43.8 Å². The Hall–Kier alpha value is -0.870. The van der Waals surface area contributed by atoms with E-state index in [1.54, 1.807) is 0 Å². The summed E-state index contributed by atoms with van der Waals surface area (Å²) in [5.74, 6) is -0.712. The van der Waals surface area contributed by atoms with Crippen LogP contribution in [-0.2, 0) is 4.79 Å². The number of piperazine rings is 1. The molecule has 1 N–H and O–H groups in total. The van der Waals surface area contributed by atoms with Gasteiger partial charge < -0.3 is 5.11 Å². The summed E-state index contributed by atoms with van der Waals surface area (Å²) < 4.78 is 0. The first-order chi connectivity index (χ1) is 7.86. The Morgan fingerprint density at radius 1 is 1.59 bits per heavy atom. The summed E-state index contributed by atoms with van der Waals surface area (Å²) in [4.78, 5) is 15.3. The molecule has 1 rings (SSSR count). The van der Waals surface area contributed by atoms with Crippen molar-refractivity contribution in [2.45, 2.75) is 38.3 Å². The van der Waals surface area contributed by atoms with Gasteiger partial charge >= 0.3 is 5.97 Å². The number of aliphatic carboxylic acids is 1. The standard InChI is InChI=1S/C13H24N2O2/c1-5-8-15-10-13(2,3)14(4)9-11(15)6-7-12(16)17/h5,11H,1,6-10H2,2-4H3,(H,16,17). The molecule has 0 aromatic carbocycles. The maximum absolute atomic E-state index is 10.7. The lowest BCUT2D eigenvalue weighted by Gasteiger charge is -2.49. The maximum atomic E-state index is 10.7. The molecule has 4 heteroatoms. The molecule has 0 bridgehead atoms. The van der Waals surface area contributed by atoms with Crippen LogP contribution in [0.3, 0.4) is 0 Å². The smallest absolute Gasteiger partial charge is 0.303 e. The van der Waals surface area contributed by atoms with Crippen molar-refractivity contribution >= 4 is 5.97 Å². The van der Waals surface area contributed by atoms with Crippen LogP contribution in [-0.4, -0.2) is 59.1 Å². The molecule has 1 heterocycles. The highest BCUT2D eigenvalue weighted by molar-refractivity contribution is 5.66.